The van der Waals surface area contributed by atoms with E-state index in [1.54, 1.807) is 19.3 Å². The summed E-state index contributed by atoms with van der Waals surface area (Å²) in [7, 11) is 1.36. The van der Waals surface area contributed by atoms with E-state index in [-0.39, 0.29) is 24.4 Å². The Kier molecular flexibility index (Phi) is 5.88. The van der Waals surface area contributed by atoms with Crippen molar-refractivity contribution in [3.63, 3.8) is 0 Å². The Labute approximate surface area is 193 Å². The van der Waals surface area contributed by atoms with Gasteiger partial charge in [0.15, 0.2) is 0 Å². The molecule has 3 aliphatic rings. The molecule has 1 aromatic rings. The fourth-order valence-corrected chi connectivity index (χ4v) is 7.49. The van der Waals surface area contributed by atoms with Gasteiger partial charge in [0.05, 0.1) is 31.0 Å². The summed E-state index contributed by atoms with van der Waals surface area (Å²) in [5.74, 6) is -1.39. The Bertz CT molecular complexity index is 948. The minimum absolute atomic E-state index is 0.0740. The maximum atomic E-state index is 13.2. The summed E-state index contributed by atoms with van der Waals surface area (Å²) in [6.07, 6.45) is 3.84. The molecule has 0 saturated heterocycles. The summed E-state index contributed by atoms with van der Waals surface area (Å²) >= 11 is 0. The molecule has 4 rings (SSSR count). The molecule has 0 unspecified atom stereocenters. The highest BCUT2D eigenvalue weighted by molar-refractivity contribution is 5.77. The molecule has 0 aromatic carbocycles. The lowest BCUT2D eigenvalue weighted by atomic mass is 9.41. The molecule has 8 heteroatoms. The van der Waals surface area contributed by atoms with Crippen LogP contribution in [0.4, 0.5) is 0 Å². The zero-order valence-corrected chi connectivity index (χ0v) is 20.0. The van der Waals surface area contributed by atoms with Crippen LogP contribution in [-0.4, -0.2) is 42.8 Å². The van der Waals surface area contributed by atoms with Crippen molar-refractivity contribution in [3.05, 3.63) is 23.7 Å². The van der Waals surface area contributed by atoms with Crippen LogP contribution in [0.2, 0.25) is 0 Å². The molecule has 8 nitrogen and oxygen atoms in total. The molecule has 1 N–H and O–H groups in total. The summed E-state index contributed by atoms with van der Waals surface area (Å²) in [5.41, 5.74) is -2.13. The highest BCUT2D eigenvalue weighted by Gasteiger charge is 2.69. The number of rotatable bonds is 4. The Balaban J connectivity index is 1.92. The summed E-state index contributed by atoms with van der Waals surface area (Å²) in [6, 6.07) is 1.79. The standard InChI is InChI=1S/C25H34O8/c1-14(26)32-13-25-9-6-8-23(3,22(28)30-5)21(25)20(33-15(2)27)11-17-18(25)12-19-16(7-10-31-19)24(17,4)29/h7,10,17-18,20-21,29H,6,8-9,11-13H2,1-5H3/t17-,18+,20-,21+,23-,24-,25+/m1/s1. The smallest absolute Gasteiger partial charge is 0.311 e. The third kappa shape index (κ3) is 3.57. The molecule has 2 saturated carbocycles. The number of furan rings is 1. The van der Waals surface area contributed by atoms with E-state index >= 15 is 0 Å². The van der Waals surface area contributed by atoms with Gasteiger partial charge < -0.3 is 23.7 Å². The predicted molar refractivity (Wildman–Crippen MR) is 116 cm³/mol. The Hall–Kier alpha value is -2.35. The van der Waals surface area contributed by atoms with E-state index in [2.05, 4.69) is 0 Å². The SMILES string of the molecule is COC(=O)[C@]1(C)CCC[C@@]2(COC(C)=O)[C@H]1[C@H](OC(C)=O)C[C@@H]1[C@@H]2Cc2occc2[C@@]1(C)O. The molecule has 0 aliphatic heterocycles. The van der Waals surface area contributed by atoms with Crippen LogP contribution in [-0.2, 0) is 40.6 Å². The van der Waals surface area contributed by atoms with Gasteiger partial charge in [0.2, 0.25) is 0 Å². The molecule has 0 amide bonds. The van der Waals surface area contributed by atoms with Crippen molar-refractivity contribution in [2.45, 2.75) is 71.5 Å². The average Bonchev–Trinajstić information content (AvgIpc) is 3.22. The molecular weight excluding hydrogens is 428 g/mol. The predicted octanol–water partition coefficient (Wildman–Crippen LogP) is 3.14. The first kappa shape index (κ1) is 23.8. The lowest BCUT2D eigenvalue weighted by Crippen LogP contribution is -2.67. The second-order valence-corrected chi connectivity index (χ2v) is 10.5. The number of aliphatic hydroxyl groups is 1. The number of fused-ring (bicyclic) bond motifs is 4. The first-order chi connectivity index (χ1) is 15.5. The maximum Gasteiger partial charge on any atom is 0.311 e. The van der Waals surface area contributed by atoms with Gasteiger partial charge >= 0.3 is 17.9 Å². The molecule has 2 fully saturated rings. The monoisotopic (exact) mass is 462 g/mol. The van der Waals surface area contributed by atoms with E-state index in [9.17, 15) is 19.5 Å². The van der Waals surface area contributed by atoms with Crippen molar-refractivity contribution in [2.24, 2.45) is 28.6 Å². The van der Waals surface area contributed by atoms with Gasteiger partial charge in [-0.3, -0.25) is 14.4 Å². The van der Waals surface area contributed by atoms with E-state index in [0.717, 1.165) is 5.56 Å². The molecule has 33 heavy (non-hydrogen) atoms. The van der Waals surface area contributed by atoms with Crippen molar-refractivity contribution >= 4 is 17.9 Å². The highest BCUT2D eigenvalue weighted by atomic mass is 16.5. The van der Waals surface area contributed by atoms with Crippen molar-refractivity contribution in [1.29, 1.82) is 0 Å². The minimum Gasteiger partial charge on any atom is -0.469 e. The van der Waals surface area contributed by atoms with Gasteiger partial charge in [0.25, 0.3) is 0 Å². The number of esters is 3. The van der Waals surface area contributed by atoms with Gasteiger partial charge in [-0.2, -0.15) is 0 Å². The van der Waals surface area contributed by atoms with Gasteiger partial charge in [-0.25, -0.2) is 0 Å². The Morgan fingerprint density at radius 1 is 1.15 bits per heavy atom. The average molecular weight is 463 g/mol. The molecule has 1 aromatic heterocycles. The number of carbonyl (C=O) groups excluding carboxylic acids is 3. The molecule has 0 bridgehead atoms. The lowest BCUT2D eigenvalue weighted by Gasteiger charge is -2.64. The van der Waals surface area contributed by atoms with E-state index < -0.39 is 40.4 Å². The molecular formula is C25H34O8. The van der Waals surface area contributed by atoms with Crippen LogP contribution in [0.15, 0.2) is 16.7 Å². The largest absolute Gasteiger partial charge is 0.469 e. The normalized spacial score (nSPS) is 39.5. The second kappa shape index (κ2) is 8.15. The fraction of sp³-hybridized carbons (Fsp3) is 0.720. The maximum absolute atomic E-state index is 13.2. The molecule has 1 heterocycles. The third-order valence-electron chi connectivity index (χ3n) is 8.66. The van der Waals surface area contributed by atoms with Crippen LogP contribution in [0.1, 0.15) is 64.7 Å². The van der Waals surface area contributed by atoms with Crippen LogP contribution in [0.5, 0.6) is 0 Å². The van der Waals surface area contributed by atoms with E-state index in [0.29, 0.717) is 37.9 Å². The number of carbonyl (C=O) groups is 3. The number of ether oxygens (including phenoxy) is 3. The quantitative estimate of drug-likeness (QED) is 0.536. The number of methoxy groups -OCH3 is 1. The van der Waals surface area contributed by atoms with Crippen LogP contribution >= 0.6 is 0 Å². The molecule has 7 atom stereocenters. The van der Waals surface area contributed by atoms with Crippen LogP contribution in [0.25, 0.3) is 0 Å². The van der Waals surface area contributed by atoms with Gasteiger partial charge in [-0.1, -0.05) is 6.42 Å². The molecule has 0 radical (unpaired) electrons. The Morgan fingerprint density at radius 3 is 2.52 bits per heavy atom. The topological polar surface area (TPSA) is 112 Å². The van der Waals surface area contributed by atoms with Crippen molar-refractivity contribution in [1.82, 2.24) is 0 Å². The van der Waals surface area contributed by atoms with Gasteiger partial charge in [-0.05, 0) is 51.0 Å². The zero-order chi connectivity index (χ0) is 24.2. The van der Waals surface area contributed by atoms with E-state index in [1.807, 2.05) is 6.92 Å². The van der Waals surface area contributed by atoms with Gasteiger partial charge in [0.1, 0.15) is 11.9 Å². The van der Waals surface area contributed by atoms with Crippen LogP contribution < -0.4 is 0 Å². The summed E-state index contributed by atoms with van der Waals surface area (Å²) < 4.78 is 22.5. The summed E-state index contributed by atoms with van der Waals surface area (Å²) in [5, 5.41) is 11.7. The lowest BCUT2D eigenvalue weighted by molar-refractivity contribution is -0.238. The minimum atomic E-state index is -1.23. The van der Waals surface area contributed by atoms with Crippen LogP contribution in [0.3, 0.4) is 0 Å². The van der Waals surface area contributed by atoms with E-state index in [1.165, 1.54) is 21.0 Å². The van der Waals surface area contributed by atoms with Crippen molar-refractivity contribution in [2.75, 3.05) is 13.7 Å². The first-order valence-electron chi connectivity index (χ1n) is 11.7. The number of hydrogen-bond donors (Lipinski definition) is 1. The Morgan fingerprint density at radius 2 is 1.88 bits per heavy atom. The first-order valence-corrected chi connectivity index (χ1v) is 11.7. The zero-order valence-electron chi connectivity index (χ0n) is 20.0. The molecule has 3 aliphatic carbocycles. The third-order valence-corrected chi connectivity index (χ3v) is 8.66. The van der Waals surface area contributed by atoms with Crippen molar-refractivity contribution < 1.29 is 38.1 Å². The van der Waals surface area contributed by atoms with Crippen molar-refractivity contribution in [3.8, 4) is 0 Å². The summed E-state index contributed by atoms with van der Waals surface area (Å²) in [4.78, 5) is 37.3. The summed E-state index contributed by atoms with van der Waals surface area (Å²) in [6.45, 7) is 6.42. The fourth-order valence-electron chi connectivity index (χ4n) is 7.49. The van der Waals surface area contributed by atoms with Gasteiger partial charge in [-0.15, -0.1) is 0 Å². The molecule has 0 spiro atoms. The highest BCUT2D eigenvalue weighted by Crippen LogP contribution is 2.66. The second-order valence-electron chi connectivity index (χ2n) is 10.5. The van der Waals surface area contributed by atoms with Crippen LogP contribution in [0, 0.1) is 28.6 Å². The van der Waals surface area contributed by atoms with Gasteiger partial charge in [0, 0.05) is 37.2 Å². The van der Waals surface area contributed by atoms with E-state index in [4.69, 9.17) is 18.6 Å². The number of hydrogen-bond acceptors (Lipinski definition) is 8. The molecule has 182 valence electrons.